The molecule has 14 heteroatoms. The molecule has 0 radical (unpaired) electrons. The fourth-order valence-electron chi connectivity index (χ4n) is 9.54. The highest BCUT2D eigenvalue weighted by Gasteiger charge is 2.56. The molecule has 2 saturated heterocycles. The maximum Gasteiger partial charge on any atom is 0.415 e. The lowest BCUT2D eigenvalue weighted by molar-refractivity contribution is 0.0255. The molecule has 2 amide bonds. The van der Waals surface area contributed by atoms with E-state index >= 15 is 0 Å². The molecule has 0 aromatic heterocycles. The molecule has 61 heavy (non-hydrogen) atoms. The standard InChI is InChI=1S/C47H57N5O6S2Si/c1-8-50(9-2)34-18-22-39-43(28-34)61(6,7)42-27-33(17-21-38(42)47(39)37-14-11-10-13-36(37)44(53)58-47)49(5)45(54)56-29-32-15-19-35(20-16-32)57-46(55)52-26-25-51(24-12-23-48(3)4)40-30-59-60-31-41(40)52/h10-11,13-22,27-28,40-41H,8-9,12,23-26,29-31H2,1-7H3. The van der Waals surface area contributed by atoms with E-state index in [1.807, 2.05) is 75.0 Å². The van der Waals surface area contributed by atoms with Crippen LogP contribution in [0.2, 0.25) is 13.1 Å². The smallest absolute Gasteiger partial charge is 0.415 e. The molecule has 8 rings (SSSR count). The predicted molar refractivity (Wildman–Crippen MR) is 250 cm³/mol. The zero-order valence-electron chi connectivity index (χ0n) is 36.3. The van der Waals surface area contributed by atoms with Crippen molar-refractivity contribution in [1.82, 2.24) is 14.7 Å². The number of benzene rings is 4. The van der Waals surface area contributed by atoms with Crippen molar-refractivity contribution in [1.29, 1.82) is 0 Å². The SMILES string of the molecule is CCN(CC)c1ccc2c(c1)[Si](C)(C)c1cc(N(C)C(=O)OCc3ccc(OC(=O)N4CCN(CCCN(C)C)C5CSSCC54)cc3)ccc1C21OC(=O)c2ccccc21. The predicted octanol–water partition coefficient (Wildman–Crippen LogP) is 7.10. The first-order valence-corrected chi connectivity index (χ1v) is 26.8. The van der Waals surface area contributed by atoms with E-state index in [4.69, 9.17) is 14.2 Å². The largest absolute Gasteiger partial charge is 0.444 e. The Bertz CT molecular complexity index is 2290. The molecule has 0 bridgehead atoms. The summed E-state index contributed by atoms with van der Waals surface area (Å²) in [6.45, 7) is 14.3. The van der Waals surface area contributed by atoms with Gasteiger partial charge in [-0.25, -0.2) is 14.4 Å². The van der Waals surface area contributed by atoms with Crippen molar-refractivity contribution in [3.63, 3.8) is 0 Å². The molecule has 4 heterocycles. The van der Waals surface area contributed by atoms with Crippen molar-refractivity contribution in [2.75, 3.05) is 81.7 Å². The van der Waals surface area contributed by atoms with Crippen LogP contribution in [-0.4, -0.2) is 125 Å². The van der Waals surface area contributed by atoms with Crippen molar-refractivity contribution in [2.24, 2.45) is 0 Å². The van der Waals surface area contributed by atoms with Gasteiger partial charge in [0.15, 0.2) is 5.60 Å². The number of carbonyl (C=O) groups excluding carboxylic acids is 3. The normalized spacial score (nSPS) is 21.2. The number of carbonyl (C=O) groups is 3. The zero-order chi connectivity index (χ0) is 43.1. The van der Waals surface area contributed by atoms with Gasteiger partial charge in [-0.15, -0.1) is 0 Å². The molecule has 322 valence electrons. The highest BCUT2D eigenvalue weighted by atomic mass is 33.1. The second-order valence-electron chi connectivity index (χ2n) is 17.1. The second-order valence-corrected chi connectivity index (χ2v) is 24.0. The van der Waals surface area contributed by atoms with Gasteiger partial charge in [0.1, 0.15) is 20.4 Å². The number of esters is 1. The molecule has 3 unspecified atom stereocenters. The van der Waals surface area contributed by atoms with Crippen molar-refractivity contribution in [2.45, 2.75) is 57.7 Å². The van der Waals surface area contributed by atoms with Gasteiger partial charge in [-0.3, -0.25) is 9.80 Å². The Morgan fingerprint density at radius 2 is 1.49 bits per heavy atom. The summed E-state index contributed by atoms with van der Waals surface area (Å²) in [5.41, 5.74) is 4.85. The molecule has 4 aromatic carbocycles. The summed E-state index contributed by atoms with van der Waals surface area (Å²) in [4.78, 5) is 51.3. The summed E-state index contributed by atoms with van der Waals surface area (Å²) < 4.78 is 18.3. The lowest BCUT2D eigenvalue weighted by Gasteiger charge is -2.48. The van der Waals surface area contributed by atoms with E-state index in [9.17, 15) is 14.4 Å². The van der Waals surface area contributed by atoms with Gasteiger partial charge in [0.05, 0.1) is 11.6 Å². The Hall–Kier alpha value is -4.47. The first kappa shape index (κ1) is 43.2. The number of fused-ring (bicyclic) bond motifs is 7. The van der Waals surface area contributed by atoms with Crippen LogP contribution in [0.3, 0.4) is 0 Å². The number of amides is 2. The average Bonchev–Trinajstić information content (AvgIpc) is 3.57. The minimum absolute atomic E-state index is 0.0500. The van der Waals surface area contributed by atoms with Crippen LogP contribution < -0.4 is 24.9 Å². The van der Waals surface area contributed by atoms with Gasteiger partial charge in [0.2, 0.25) is 0 Å². The Morgan fingerprint density at radius 3 is 2.18 bits per heavy atom. The maximum absolute atomic E-state index is 13.7. The Labute approximate surface area is 369 Å². The van der Waals surface area contributed by atoms with E-state index < -0.39 is 19.8 Å². The first-order chi connectivity index (χ1) is 29.4. The minimum atomic E-state index is -2.44. The van der Waals surface area contributed by atoms with Crippen LogP contribution in [0.4, 0.5) is 21.0 Å². The molecule has 4 aromatic rings. The Kier molecular flexibility index (Phi) is 12.5. The molecular weight excluding hydrogens is 823 g/mol. The van der Waals surface area contributed by atoms with E-state index in [1.54, 1.807) is 19.2 Å². The van der Waals surface area contributed by atoms with Gasteiger partial charge >= 0.3 is 18.2 Å². The van der Waals surface area contributed by atoms with Gasteiger partial charge in [0, 0.05) is 78.8 Å². The molecule has 0 saturated carbocycles. The van der Waals surface area contributed by atoms with Crippen LogP contribution in [0.1, 0.15) is 52.9 Å². The average molecular weight is 880 g/mol. The van der Waals surface area contributed by atoms with Crippen molar-refractivity contribution >= 4 is 69.6 Å². The van der Waals surface area contributed by atoms with Crippen LogP contribution in [0.25, 0.3) is 0 Å². The zero-order valence-corrected chi connectivity index (χ0v) is 38.9. The molecular formula is C47H57N5O6S2Si. The lowest BCUT2D eigenvalue weighted by atomic mass is 9.79. The fraction of sp³-hybridized carbons (Fsp3) is 0.426. The number of hydrogen-bond acceptors (Lipinski definition) is 11. The van der Waals surface area contributed by atoms with Gasteiger partial charge in [0.25, 0.3) is 0 Å². The third-order valence-corrected chi connectivity index (χ3v) is 18.9. The third kappa shape index (κ3) is 8.06. The molecule has 3 atom stereocenters. The van der Waals surface area contributed by atoms with Crippen LogP contribution in [0.15, 0.2) is 84.9 Å². The van der Waals surface area contributed by atoms with Crippen molar-refractivity contribution < 1.29 is 28.6 Å². The topological polar surface area (TPSA) is 95.1 Å². The summed E-state index contributed by atoms with van der Waals surface area (Å²) in [5, 5.41) is 2.30. The second kappa shape index (κ2) is 17.7. The third-order valence-electron chi connectivity index (χ3n) is 13.0. The molecule has 0 aliphatic carbocycles. The Balaban J connectivity index is 0.963. The van der Waals surface area contributed by atoms with Crippen LogP contribution in [-0.2, 0) is 21.7 Å². The minimum Gasteiger partial charge on any atom is -0.444 e. The first-order valence-electron chi connectivity index (χ1n) is 21.4. The van der Waals surface area contributed by atoms with Gasteiger partial charge in [-0.2, -0.15) is 0 Å². The summed E-state index contributed by atoms with van der Waals surface area (Å²) in [6, 6.07) is 27.9. The molecule has 4 aliphatic heterocycles. The van der Waals surface area contributed by atoms with Gasteiger partial charge in [-0.05, 0) is 106 Å². The number of anilines is 2. The fourth-order valence-corrected chi connectivity index (χ4v) is 15.4. The highest BCUT2D eigenvalue weighted by molar-refractivity contribution is 8.76. The number of rotatable bonds is 11. The number of hydrogen-bond donors (Lipinski definition) is 0. The van der Waals surface area contributed by atoms with Crippen molar-refractivity contribution in [3.8, 4) is 5.75 Å². The van der Waals surface area contributed by atoms with E-state index in [-0.39, 0.29) is 24.7 Å². The number of nitrogens with zero attached hydrogens (tertiary/aromatic N) is 5. The van der Waals surface area contributed by atoms with E-state index in [0.717, 1.165) is 83.8 Å². The quantitative estimate of drug-likeness (QED) is 0.0878. The van der Waals surface area contributed by atoms with Crippen LogP contribution in [0.5, 0.6) is 5.75 Å². The molecule has 11 nitrogen and oxygen atoms in total. The summed E-state index contributed by atoms with van der Waals surface area (Å²) in [5.74, 6) is 2.00. The van der Waals surface area contributed by atoms with Crippen LogP contribution >= 0.6 is 21.6 Å². The van der Waals surface area contributed by atoms with E-state index in [2.05, 4.69) is 80.0 Å². The number of ether oxygens (including phenoxy) is 3. The van der Waals surface area contributed by atoms with E-state index in [0.29, 0.717) is 29.6 Å². The summed E-state index contributed by atoms with van der Waals surface area (Å²) in [7, 11) is 7.20. The molecule has 2 fully saturated rings. The molecule has 0 N–H and O–H groups in total. The maximum atomic E-state index is 13.7. The van der Waals surface area contributed by atoms with Crippen LogP contribution in [0, 0.1) is 0 Å². The van der Waals surface area contributed by atoms with Gasteiger partial charge in [-0.1, -0.05) is 77.1 Å². The molecule has 4 aliphatic rings. The highest BCUT2D eigenvalue weighted by Crippen LogP contribution is 2.49. The molecule has 1 spiro atoms. The van der Waals surface area contributed by atoms with Crippen molar-refractivity contribution in [3.05, 3.63) is 113 Å². The monoisotopic (exact) mass is 879 g/mol. The van der Waals surface area contributed by atoms with E-state index in [1.165, 1.54) is 10.1 Å². The number of piperazine rings is 1. The Morgan fingerprint density at radius 1 is 0.836 bits per heavy atom. The van der Waals surface area contributed by atoms with Gasteiger partial charge < -0.3 is 28.9 Å². The summed E-state index contributed by atoms with van der Waals surface area (Å²) in [6.07, 6.45) is 0.289. The lowest BCUT2D eigenvalue weighted by Crippen LogP contribution is -2.64. The summed E-state index contributed by atoms with van der Waals surface area (Å²) >= 11 is 0.